The van der Waals surface area contributed by atoms with Crippen molar-refractivity contribution in [2.75, 3.05) is 5.32 Å². The molecule has 1 aromatic heterocycles. The summed E-state index contributed by atoms with van der Waals surface area (Å²) < 4.78 is 0. The van der Waals surface area contributed by atoms with Gasteiger partial charge >= 0.3 is 5.97 Å². The third-order valence-electron chi connectivity index (χ3n) is 3.64. The molecular weight excluding hydrogens is 312 g/mol. The second kappa shape index (κ2) is 7.87. The number of hydrogen-bond acceptors (Lipinski definition) is 4. The van der Waals surface area contributed by atoms with Crippen LogP contribution in [-0.2, 0) is 16.0 Å². The van der Waals surface area contributed by atoms with Gasteiger partial charge in [0.15, 0.2) is 5.13 Å². The normalized spacial score (nSPS) is 10.7. The lowest BCUT2D eigenvalue weighted by atomic mass is 10.0. The number of nitrogens with one attached hydrogen (secondary N) is 1. The number of amides is 1. The van der Waals surface area contributed by atoms with Crippen molar-refractivity contribution in [3.8, 4) is 11.3 Å². The van der Waals surface area contributed by atoms with Crippen molar-refractivity contribution in [1.29, 1.82) is 0 Å². The van der Waals surface area contributed by atoms with E-state index < -0.39 is 5.97 Å². The topological polar surface area (TPSA) is 79.3 Å². The predicted octanol–water partition coefficient (Wildman–Crippen LogP) is 3.81. The minimum absolute atomic E-state index is 0.0537. The van der Waals surface area contributed by atoms with Crippen LogP contribution in [0.5, 0.6) is 0 Å². The van der Waals surface area contributed by atoms with Crippen LogP contribution < -0.4 is 5.32 Å². The highest BCUT2D eigenvalue weighted by Crippen LogP contribution is 2.32. The summed E-state index contributed by atoms with van der Waals surface area (Å²) in [7, 11) is 0. The smallest absolute Gasteiger partial charge is 0.308 e. The Morgan fingerprint density at radius 1 is 1.22 bits per heavy atom. The van der Waals surface area contributed by atoms with Gasteiger partial charge in [0.25, 0.3) is 0 Å². The van der Waals surface area contributed by atoms with E-state index >= 15 is 0 Å². The highest BCUT2D eigenvalue weighted by Gasteiger charge is 2.19. The summed E-state index contributed by atoms with van der Waals surface area (Å²) >= 11 is 1.23. The summed E-state index contributed by atoms with van der Waals surface area (Å²) in [6.07, 6.45) is 1.42. The molecule has 0 saturated heterocycles. The molecule has 0 spiro atoms. The standard InChI is InChI=1S/C17H20N2O3S/c1-3-11(4-2)16(22)19-17-18-15(12-8-6-5-7-9-12)13(23-17)10-14(20)21/h5-9,11H,3-4,10H2,1-2H3,(H,20,21)(H,18,19,22). The van der Waals surface area contributed by atoms with Crippen molar-refractivity contribution in [3.05, 3.63) is 35.2 Å². The second-order valence-electron chi connectivity index (χ2n) is 5.23. The zero-order chi connectivity index (χ0) is 16.8. The molecule has 0 atom stereocenters. The molecule has 6 heteroatoms. The van der Waals surface area contributed by atoms with Gasteiger partial charge in [-0.15, -0.1) is 11.3 Å². The van der Waals surface area contributed by atoms with E-state index in [0.29, 0.717) is 15.7 Å². The van der Waals surface area contributed by atoms with Crippen LogP contribution in [0, 0.1) is 5.92 Å². The average molecular weight is 332 g/mol. The Morgan fingerprint density at radius 2 is 1.87 bits per heavy atom. The first kappa shape index (κ1) is 17.1. The van der Waals surface area contributed by atoms with Gasteiger partial charge in [-0.05, 0) is 12.8 Å². The molecule has 0 fully saturated rings. The van der Waals surface area contributed by atoms with E-state index in [0.717, 1.165) is 18.4 Å². The van der Waals surface area contributed by atoms with Crippen LogP contribution in [0.2, 0.25) is 0 Å². The highest BCUT2D eigenvalue weighted by atomic mass is 32.1. The molecule has 0 aliphatic heterocycles. The fourth-order valence-electron chi connectivity index (χ4n) is 2.35. The first-order valence-electron chi connectivity index (χ1n) is 7.62. The summed E-state index contributed by atoms with van der Waals surface area (Å²) in [6.45, 7) is 3.95. The first-order chi connectivity index (χ1) is 11.0. The summed E-state index contributed by atoms with van der Waals surface area (Å²) in [5, 5.41) is 12.4. The van der Waals surface area contributed by atoms with Gasteiger partial charge in [0.05, 0.1) is 12.1 Å². The number of anilines is 1. The van der Waals surface area contributed by atoms with E-state index in [9.17, 15) is 9.59 Å². The van der Waals surface area contributed by atoms with Crippen molar-refractivity contribution in [1.82, 2.24) is 4.98 Å². The van der Waals surface area contributed by atoms with Crippen LogP contribution in [0.25, 0.3) is 11.3 Å². The molecule has 0 radical (unpaired) electrons. The Hall–Kier alpha value is -2.21. The highest BCUT2D eigenvalue weighted by molar-refractivity contribution is 7.16. The number of benzene rings is 1. The monoisotopic (exact) mass is 332 g/mol. The summed E-state index contributed by atoms with van der Waals surface area (Å²) in [6, 6.07) is 9.41. The molecule has 0 aliphatic carbocycles. The van der Waals surface area contributed by atoms with E-state index in [1.807, 2.05) is 44.2 Å². The molecule has 0 aliphatic rings. The SMILES string of the molecule is CCC(CC)C(=O)Nc1nc(-c2ccccc2)c(CC(=O)O)s1. The minimum atomic E-state index is -0.913. The Balaban J connectivity index is 2.30. The van der Waals surface area contributed by atoms with Gasteiger partial charge < -0.3 is 10.4 Å². The Morgan fingerprint density at radius 3 is 2.43 bits per heavy atom. The molecule has 1 heterocycles. The largest absolute Gasteiger partial charge is 0.481 e. The number of carboxylic acid groups (broad SMARTS) is 1. The van der Waals surface area contributed by atoms with E-state index in [1.54, 1.807) is 0 Å². The third kappa shape index (κ3) is 4.39. The second-order valence-corrected chi connectivity index (χ2v) is 6.31. The fraction of sp³-hybridized carbons (Fsp3) is 0.353. The van der Waals surface area contributed by atoms with Crippen LogP contribution >= 0.6 is 11.3 Å². The van der Waals surface area contributed by atoms with Crippen LogP contribution in [0.4, 0.5) is 5.13 Å². The number of rotatable bonds is 7. The molecule has 1 amide bonds. The lowest BCUT2D eigenvalue weighted by Crippen LogP contribution is -2.21. The van der Waals surface area contributed by atoms with Gasteiger partial charge in [-0.1, -0.05) is 44.2 Å². The van der Waals surface area contributed by atoms with Crippen LogP contribution in [-0.4, -0.2) is 22.0 Å². The number of carbonyl (C=O) groups excluding carboxylic acids is 1. The maximum Gasteiger partial charge on any atom is 0.308 e. The first-order valence-corrected chi connectivity index (χ1v) is 8.44. The maximum absolute atomic E-state index is 12.2. The van der Waals surface area contributed by atoms with Gasteiger partial charge in [0, 0.05) is 16.4 Å². The zero-order valence-electron chi connectivity index (χ0n) is 13.2. The lowest BCUT2D eigenvalue weighted by Gasteiger charge is -2.10. The number of aromatic nitrogens is 1. The lowest BCUT2D eigenvalue weighted by molar-refractivity contribution is -0.136. The molecule has 0 saturated carbocycles. The molecule has 2 aromatic rings. The van der Waals surface area contributed by atoms with E-state index in [1.165, 1.54) is 11.3 Å². The van der Waals surface area contributed by atoms with Gasteiger partial charge in [-0.2, -0.15) is 0 Å². The Bertz CT molecular complexity index is 678. The third-order valence-corrected chi connectivity index (χ3v) is 4.61. The fourth-order valence-corrected chi connectivity index (χ4v) is 3.33. The number of hydrogen-bond donors (Lipinski definition) is 2. The molecule has 1 aromatic carbocycles. The van der Waals surface area contributed by atoms with Gasteiger partial charge in [-0.25, -0.2) is 4.98 Å². The molecule has 0 unspecified atom stereocenters. The summed E-state index contributed by atoms with van der Waals surface area (Å²) in [5.41, 5.74) is 1.47. The van der Waals surface area contributed by atoms with Crippen LogP contribution in [0.1, 0.15) is 31.6 Å². The number of nitrogens with zero attached hydrogens (tertiary/aromatic N) is 1. The number of carbonyl (C=O) groups is 2. The van der Waals surface area contributed by atoms with Crippen molar-refractivity contribution < 1.29 is 14.7 Å². The van der Waals surface area contributed by atoms with Crippen molar-refractivity contribution in [2.45, 2.75) is 33.1 Å². The van der Waals surface area contributed by atoms with Gasteiger partial charge in [-0.3, -0.25) is 9.59 Å². The molecule has 23 heavy (non-hydrogen) atoms. The molecule has 0 bridgehead atoms. The van der Waals surface area contributed by atoms with Gasteiger partial charge in [0.2, 0.25) is 5.91 Å². The number of thiazole rings is 1. The van der Waals surface area contributed by atoms with Crippen LogP contribution in [0.3, 0.4) is 0 Å². The molecule has 2 rings (SSSR count). The van der Waals surface area contributed by atoms with E-state index in [4.69, 9.17) is 5.11 Å². The Labute approximate surface area is 139 Å². The predicted molar refractivity (Wildman–Crippen MR) is 91.6 cm³/mol. The molecule has 2 N–H and O–H groups in total. The zero-order valence-corrected chi connectivity index (χ0v) is 14.0. The maximum atomic E-state index is 12.2. The Kier molecular flexibility index (Phi) is 5.87. The number of aliphatic carboxylic acids is 1. The summed E-state index contributed by atoms with van der Waals surface area (Å²) in [4.78, 5) is 28.4. The van der Waals surface area contributed by atoms with Crippen molar-refractivity contribution >= 4 is 28.3 Å². The molecular formula is C17H20N2O3S. The van der Waals surface area contributed by atoms with E-state index in [2.05, 4.69) is 10.3 Å². The minimum Gasteiger partial charge on any atom is -0.481 e. The van der Waals surface area contributed by atoms with Crippen LogP contribution in [0.15, 0.2) is 30.3 Å². The average Bonchev–Trinajstić information content (AvgIpc) is 2.91. The van der Waals surface area contributed by atoms with E-state index in [-0.39, 0.29) is 18.2 Å². The molecule has 122 valence electrons. The summed E-state index contributed by atoms with van der Waals surface area (Å²) in [5.74, 6) is -1.03. The van der Waals surface area contributed by atoms with Crippen molar-refractivity contribution in [2.24, 2.45) is 5.92 Å². The molecule has 5 nitrogen and oxygen atoms in total. The van der Waals surface area contributed by atoms with Gasteiger partial charge in [0.1, 0.15) is 0 Å². The number of carboxylic acids is 1. The van der Waals surface area contributed by atoms with Crippen molar-refractivity contribution in [3.63, 3.8) is 0 Å². The quantitative estimate of drug-likeness (QED) is 0.808.